The topological polar surface area (TPSA) is 93.2 Å². The summed E-state index contributed by atoms with van der Waals surface area (Å²) in [6.45, 7) is 9.52. The molecule has 0 bridgehead atoms. The van der Waals surface area contributed by atoms with Crippen LogP contribution in [0.15, 0.2) is 29.2 Å². The summed E-state index contributed by atoms with van der Waals surface area (Å²) >= 11 is 0. The Morgan fingerprint density at radius 2 is 1.60 bits per heavy atom. The predicted octanol–water partition coefficient (Wildman–Crippen LogP) is 3.11. The first-order chi connectivity index (χ1) is 11.5. The maximum Gasteiger partial charge on any atom is 0.263 e. The van der Waals surface area contributed by atoms with Gasteiger partial charge in [0.05, 0.1) is 12.0 Å². The van der Waals surface area contributed by atoms with Gasteiger partial charge in [-0.1, -0.05) is 0 Å². The number of aryl methyl sites for hydroxylation is 2. The van der Waals surface area contributed by atoms with Crippen LogP contribution in [0.3, 0.4) is 0 Å². The van der Waals surface area contributed by atoms with Gasteiger partial charge in [-0.2, -0.15) is 0 Å². The number of nitrogens with one attached hydrogen (secondary N) is 2. The van der Waals surface area contributed by atoms with Crippen LogP contribution in [0.5, 0.6) is 5.75 Å². The fourth-order valence-electron chi connectivity index (χ4n) is 2.30. The van der Waals surface area contributed by atoms with Crippen molar-refractivity contribution in [1.29, 1.82) is 0 Å². The first kappa shape index (κ1) is 19.0. The van der Waals surface area contributed by atoms with E-state index in [0.717, 1.165) is 5.56 Å². The highest BCUT2D eigenvalue weighted by Gasteiger charge is 2.20. The highest BCUT2D eigenvalue weighted by molar-refractivity contribution is 7.92. The Hall–Kier alpha value is -2.35. The van der Waals surface area contributed by atoms with E-state index in [1.165, 1.54) is 0 Å². The molecule has 1 heterocycles. The SMILES string of the molecule is COc1cc(C)c(S(=O)(=O)Nc2ccc(NC(C)(C)C)nn2)cc1C. The van der Waals surface area contributed by atoms with Crippen molar-refractivity contribution >= 4 is 21.7 Å². The molecule has 8 heteroatoms. The number of methoxy groups -OCH3 is 1. The molecule has 7 nitrogen and oxygen atoms in total. The van der Waals surface area contributed by atoms with E-state index in [1.54, 1.807) is 45.2 Å². The van der Waals surface area contributed by atoms with E-state index < -0.39 is 10.0 Å². The maximum atomic E-state index is 12.7. The van der Waals surface area contributed by atoms with Crippen molar-refractivity contribution in [2.75, 3.05) is 17.1 Å². The summed E-state index contributed by atoms with van der Waals surface area (Å²) in [6, 6.07) is 6.54. The summed E-state index contributed by atoms with van der Waals surface area (Å²) in [7, 11) is -2.22. The molecule has 0 spiro atoms. The molecule has 0 atom stereocenters. The van der Waals surface area contributed by atoms with Crippen LogP contribution in [0.25, 0.3) is 0 Å². The van der Waals surface area contributed by atoms with E-state index in [1.807, 2.05) is 20.8 Å². The molecule has 1 aromatic heterocycles. The first-order valence-electron chi connectivity index (χ1n) is 7.82. The molecule has 0 amide bonds. The van der Waals surface area contributed by atoms with E-state index in [9.17, 15) is 8.42 Å². The van der Waals surface area contributed by atoms with Crippen LogP contribution < -0.4 is 14.8 Å². The fourth-order valence-corrected chi connectivity index (χ4v) is 3.61. The molecular formula is C17H24N4O3S. The number of benzene rings is 1. The number of hydrogen-bond acceptors (Lipinski definition) is 6. The minimum Gasteiger partial charge on any atom is -0.496 e. The maximum absolute atomic E-state index is 12.7. The zero-order chi connectivity index (χ0) is 18.8. The molecule has 0 saturated heterocycles. The number of aromatic nitrogens is 2. The molecule has 0 saturated carbocycles. The highest BCUT2D eigenvalue weighted by atomic mass is 32.2. The standard InChI is InChI=1S/C17H24N4O3S/c1-11-10-14(12(2)9-13(11)24-6)25(22,23)21-16-8-7-15(19-20-16)18-17(3,4)5/h7-10H,1-6H3,(H,18,19)(H,20,21). The van der Waals surface area contributed by atoms with E-state index >= 15 is 0 Å². The third-order valence-electron chi connectivity index (χ3n) is 3.39. The minimum atomic E-state index is -3.77. The smallest absolute Gasteiger partial charge is 0.263 e. The lowest BCUT2D eigenvalue weighted by Gasteiger charge is -2.20. The van der Waals surface area contributed by atoms with Gasteiger partial charge in [0, 0.05) is 5.54 Å². The quantitative estimate of drug-likeness (QED) is 0.847. The van der Waals surface area contributed by atoms with Crippen molar-refractivity contribution in [3.8, 4) is 5.75 Å². The second-order valence-corrected chi connectivity index (χ2v) is 8.52. The monoisotopic (exact) mass is 364 g/mol. The number of hydrogen-bond donors (Lipinski definition) is 2. The molecule has 0 aliphatic carbocycles. The van der Waals surface area contributed by atoms with Crippen LogP contribution in [0.4, 0.5) is 11.6 Å². The van der Waals surface area contributed by atoms with Crippen molar-refractivity contribution in [1.82, 2.24) is 10.2 Å². The summed E-state index contributed by atoms with van der Waals surface area (Å²) in [5, 5.41) is 11.1. The van der Waals surface area contributed by atoms with Gasteiger partial charge in [0.15, 0.2) is 5.82 Å². The van der Waals surface area contributed by atoms with Gasteiger partial charge in [0.25, 0.3) is 10.0 Å². The largest absolute Gasteiger partial charge is 0.496 e. The van der Waals surface area contributed by atoms with Crippen molar-refractivity contribution < 1.29 is 13.2 Å². The number of ether oxygens (including phenoxy) is 1. The Morgan fingerprint density at radius 1 is 1.00 bits per heavy atom. The number of sulfonamides is 1. The van der Waals surface area contributed by atoms with Gasteiger partial charge >= 0.3 is 0 Å². The average Bonchev–Trinajstić information content (AvgIpc) is 2.49. The molecular weight excluding hydrogens is 340 g/mol. The van der Waals surface area contributed by atoms with Gasteiger partial charge in [0.1, 0.15) is 11.6 Å². The van der Waals surface area contributed by atoms with E-state index in [-0.39, 0.29) is 16.3 Å². The third-order valence-corrected chi connectivity index (χ3v) is 4.89. The lowest BCUT2D eigenvalue weighted by molar-refractivity contribution is 0.411. The molecule has 25 heavy (non-hydrogen) atoms. The average molecular weight is 364 g/mol. The minimum absolute atomic E-state index is 0.159. The summed E-state index contributed by atoms with van der Waals surface area (Å²) in [5.74, 6) is 1.38. The van der Waals surface area contributed by atoms with Crippen molar-refractivity contribution in [3.05, 3.63) is 35.4 Å². The fraction of sp³-hybridized carbons (Fsp3) is 0.412. The highest BCUT2D eigenvalue weighted by Crippen LogP contribution is 2.26. The molecule has 0 radical (unpaired) electrons. The lowest BCUT2D eigenvalue weighted by Crippen LogP contribution is -2.27. The van der Waals surface area contributed by atoms with Gasteiger partial charge < -0.3 is 10.1 Å². The molecule has 1 aromatic carbocycles. The van der Waals surface area contributed by atoms with Crippen LogP contribution in [-0.2, 0) is 10.0 Å². The van der Waals surface area contributed by atoms with Crippen LogP contribution >= 0.6 is 0 Å². The van der Waals surface area contributed by atoms with E-state index in [2.05, 4.69) is 20.2 Å². The van der Waals surface area contributed by atoms with E-state index in [4.69, 9.17) is 4.74 Å². The zero-order valence-electron chi connectivity index (χ0n) is 15.3. The zero-order valence-corrected chi connectivity index (χ0v) is 16.2. The van der Waals surface area contributed by atoms with Gasteiger partial charge in [-0.25, -0.2) is 8.42 Å². The van der Waals surface area contributed by atoms with Gasteiger partial charge in [0.2, 0.25) is 0 Å². The Labute approximate surface area is 148 Å². The summed E-state index contributed by atoms with van der Waals surface area (Å²) in [5.41, 5.74) is 1.17. The second-order valence-electron chi connectivity index (χ2n) is 6.87. The molecule has 2 aromatic rings. The second kappa shape index (κ2) is 6.87. The molecule has 0 aliphatic heterocycles. The molecule has 2 N–H and O–H groups in total. The number of nitrogens with zero attached hydrogens (tertiary/aromatic N) is 2. The Balaban J connectivity index is 2.26. The van der Waals surface area contributed by atoms with Gasteiger partial charge in [-0.05, 0) is 70.0 Å². The van der Waals surface area contributed by atoms with Crippen LogP contribution in [0.1, 0.15) is 31.9 Å². The Kier molecular flexibility index (Phi) is 5.22. The lowest BCUT2D eigenvalue weighted by atomic mass is 10.1. The third kappa shape index (κ3) is 4.82. The number of rotatable bonds is 5. The normalized spacial score (nSPS) is 11.9. The van der Waals surface area contributed by atoms with Crippen molar-refractivity contribution in [2.24, 2.45) is 0 Å². The molecule has 0 fully saturated rings. The summed E-state index contributed by atoms with van der Waals surface area (Å²) in [4.78, 5) is 0.185. The first-order valence-corrected chi connectivity index (χ1v) is 9.30. The van der Waals surface area contributed by atoms with Gasteiger partial charge in [-0.15, -0.1) is 10.2 Å². The molecule has 136 valence electrons. The summed E-state index contributed by atoms with van der Waals surface area (Å²) < 4.78 is 33.0. The van der Waals surface area contributed by atoms with Crippen LogP contribution in [0, 0.1) is 13.8 Å². The van der Waals surface area contributed by atoms with Crippen LogP contribution in [0.2, 0.25) is 0 Å². The van der Waals surface area contributed by atoms with Crippen molar-refractivity contribution in [2.45, 2.75) is 45.1 Å². The molecule has 0 unspecified atom stereocenters. The Morgan fingerprint density at radius 3 is 2.12 bits per heavy atom. The van der Waals surface area contributed by atoms with Gasteiger partial charge in [-0.3, -0.25) is 4.72 Å². The summed E-state index contributed by atoms with van der Waals surface area (Å²) in [6.07, 6.45) is 0. The van der Waals surface area contributed by atoms with Crippen LogP contribution in [-0.4, -0.2) is 31.3 Å². The molecule has 0 aliphatic rings. The van der Waals surface area contributed by atoms with E-state index in [0.29, 0.717) is 17.1 Å². The molecule has 2 rings (SSSR count). The van der Waals surface area contributed by atoms with Crippen molar-refractivity contribution in [3.63, 3.8) is 0 Å². The predicted molar refractivity (Wildman–Crippen MR) is 98.7 cm³/mol. The Bertz CT molecular complexity index is 857. The number of anilines is 2.